The molecule has 0 spiro atoms. The van der Waals surface area contributed by atoms with Crippen LogP contribution < -0.4 is 5.73 Å². The van der Waals surface area contributed by atoms with Gasteiger partial charge in [-0.15, -0.1) is 0 Å². The van der Waals surface area contributed by atoms with Crippen LogP contribution in [0.1, 0.15) is 41.6 Å². The summed E-state index contributed by atoms with van der Waals surface area (Å²) >= 11 is 0. The zero-order valence-corrected chi connectivity index (χ0v) is 10.1. The van der Waals surface area contributed by atoms with Gasteiger partial charge in [-0.2, -0.15) is 0 Å². The van der Waals surface area contributed by atoms with Gasteiger partial charge in [0.25, 0.3) is 0 Å². The maximum absolute atomic E-state index is 13.0. The highest BCUT2D eigenvalue weighted by Gasteiger charge is 2.40. The SMILES string of the molecule is Cc1cc(F)ccc1C(=O)C1(CN)CCCC1. The molecule has 92 valence electrons. The number of aryl methyl sites for hydroxylation is 1. The molecule has 1 aromatic carbocycles. The Morgan fingerprint density at radius 1 is 1.41 bits per heavy atom. The van der Waals surface area contributed by atoms with Crippen molar-refractivity contribution >= 4 is 5.78 Å². The number of Topliss-reactive ketones (excluding diaryl/α,β-unsaturated/α-hetero) is 1. The second-order valence-electron chi connectivity index (χ2n) is 4.98. The Morgan fingerprint density at radius 3 is 2.59 bits per heavy atom. The van der Waals surface area contributed by atoms with Gasteiger partial charge in [-0.05, 0) is 43.5 Å². The molecule has 0 amide bonds. The summed E-state index contributed by atoms with van der Waals surface area (Å²) in [6.07, 6.45) is 3.84. The van der Waals surface area contributed by atoms with E-state index in [4.69, 9.17) is 5.73 Å². The topological polar surface area (TPSA) is 43.1 Å². The standard InChI is InChI=1S/C14H18FNO/c1-10-8-11(15)4-5-12(10)13(17)14(9-16)6-2-3-7-14/h4-5,8H,2-3,6-7,9,16H2,1H3. The van der Waals surface area contributed by atoms with Crippen LogP contribution in [0, 0.1) is 18.2 Å². The Balaban J connectivity index is 2.36. The Morgan fingerprint density at radius 2 is 2.06 bits per heavy atom. The van der Waals surface area contributed by atoms with Crippen molar-refractivity contribution in [2.45, 2.75) is 32.6 Å². The van der Waals surface area contributed by atoms with Crippen molar-refractivity contribution in [3.05, 3.63) is 35.1 Å². The number of nitrogens with two attached hydrogens (primary N) is 1. The molecule has 1 aromatic rings. The Bertz CT molecular complexity index is 436. The molecule has 0 aromatic heterocycles. The molecule has 0 unspecified atom stereocenters. The first-order valence-electron chi connectivity index (χ1n) is 6.10. The fourth-order valence-corrected chi connectivity index (χ4v) is 2.74. The maximum Gasteiger partial charge on any atom is 0.170 e. The Kier molecular flexibility index (Phi) is 3.29. The highest BCUT2D eigenvalue weighted by molar-refractivity contribution is 6.02. The predicted octanol–water partition coefficient (Wildman–Crippen LogP) is 2.84. The van der Waals surface area contributed by atoms with Crippen LogP contribution in [0.2, 0.25) is 0 Å². The van der Waals surface area contributed by atoms with Crippen molar-refractivity contribution in [3.8, 4) is 0 Å². The molecule has 17 heavy (non-hydrogen) atoms. The number of hydrogen-bond donors (Lipinski definition) is 1. The van der Waals surface area contributed by atoms with E-state index in [1.54, 1.807) is 13.0 Å². The molecule has 0 bridgehead atoms. The summed E-state index contributed by atoms with van der Waals surface area (Å²) in [5.74, 6) is -0.206. The summed E-state index contributed by atoms with van der Waals surface area (Å²) in [5, 5.41) is 0. The monoisotopic (exact) mass is 235 g/mol. The van der Waals surface area contributed by atoms with E-state index < -0.39 is 5.41 Å². The molecule has 2 rings (SSSR count). The van der Waals surface area contributed by atoms with Crippen LogP contribution in [0.3, 0.4) is 0 Å². The maximum atomic E-state index is 13.0. The third-order valence-corrected chi connectivity index (χ3v) is 3.87. The molecule has 1 aliphatic carbocycles. The first kappa shape index (κ1) is 12.2. The molecule has 0 radical (unpaired) electrons. The molecule has 1 saturated carbocycles. The van der Waals surface area contributed by atoms with Crippen molar-refractivity contribution in [2.75, 3.05) is 6.54 Å². The predicted molar refractivity (Wildman–Crippen MR) is 65.4 cm³/mol. The minimum atomic E-state index is -0.400. The lowest BCUT2D eigenvalue weighted by molar-refractivity contribution is 0.0809. The van der Waals surface area contributed by atoms with Gasteiger partial charge in [0.2, 0.25) is 0 Å². The highest BCUT2D eigenvalue weighted by atomic mass is 19.1. The first-order chi connectivity index (χ1) is 8.09. The number of hydrogen-bond acceptors (Lipinski definition) is 2. The van der Waals surface area contributed by atoms with Crippen LogP contribution in [0.4, 0.5) is 4.39 Å². The normalized spacial score (nSPS) is 18.3. The van der Waals surface area contributed by atoms with E-state index in [1.807, 2.05) is 0 Å². The van der Waals surface area contributed by atoms with E-state index in [-0.39, 0.29) is 11.6 Å². The lowest BCUT2D eigenvalue weighted by Crippen LogP contribution is -2.36. The molecule has 3 heteroatoms. The van der Waals surface area contributed by atoms with Gasteiger partial charge in [-0.3, -0.25) is 4.79 Å². The molecular formula is C14H18FNO. The average molecular weight is 235 g/mol. The van der Waals surface area contributed by atoms with Gasteiger partial charge >= 0.3 is 0 Å². The molecule has 1 aliphatic rings. The first-order valence-corrected chi connectivity index (χ1v) is 6.10. The fraction of sp³-hybridized carbons (Fsp3) is 0.500. The van der Waals surface area contributed by atoms with Gasteiger partial charge < -0.3 is 5.73 Å². The molecule has 0 atom stereocenters. The number of benzene rings is 1. The summed E-state index contributed by atoms with van der Waals surface area (Å²) in [4.78, 5) is 12.5. The fourth-order valence-electron chi connectivity index (χ4n) is 2.74. The molecule has 0 saturated heterocycles. The second-order valence-corrected chi connectivity index (χ2v) is 4.98. The molecule has 2 N–H and O–H groups in total. The second kappa shape index (κ2) is 4.57. The number of ketones is 1. The zero-order valence-electron chi connectivity index (χ0n) is 10.1. The third-order valence-electron chi connectivity index (χ3n) is 3.87. The highest BCUT2D eigenvalue weighted by Crippen LogP contribution is 2.40. The number of carbonyl (C=O) groups is 1. The van der Waals surface area contributed by atoms with Crippen molar-refractivity contribution in [1.82, 2.24) is 0 Å². The molecular weight excluding hydrogens is 217 g/mol. The quantitative estimate of drug-likeness (QED) is 0.819. The van der Waals surface area contributed by atoms with Crippen molar-refractivity contribution in [2.24, 2.45) is 11.1 Å². The summed E-state index contributed by atoms with van der Waals surface area (Å²) in [7, 11) is 0. The molecule has 2 nitrogen and oxygen atoms in total. The van der Waals surface area contributed by atoms with Gasteiger partial charge in [-0.25, -0.2) is 4.39 Å². The van der Waals surface area contributed by atoms with Crippen LogP contribution in [0.25, 0.3) is 0 Å². The van der Waals surface area contributed by atoms with Crippen molar-refractivity contribution in [3.63, 3.8) is 0 Å². The largest absolute Gasteiger partial charge is 0.329 e. The van der Waals surface area contributed by atoms with E-state index >= 15 is 0 Å². The van der Waals surface area contributed by atoms with Crippen LogP contribution in [-0.2, 0) is 0 Å². The lowest BCUT2D eigenvalue weighted by atomic mass is 9.78. The van der Waals surface area contributed by atoms with Gasteiger partial charge in [0.05, 0.1) is 0 Å². The number of rotatable bonds is 3. The summed E-state index contributed by atoms with van der Waals surface area (Å²) in [6.45, 7) is 2.16. The van der Waals surface area contributed by atoms with Crippen LogP contribution in [0.15, 0.2) is 18.2 Å². The van der Waals surface area contributed by atoms with E-state index in [0.29, 0.717) is 17.7 Å². The summed E-state index contributed by atoms with van der Waals surface area (Å²) < 4.78 is 13.0. The van der Waals surface area contributed by atoms with Gasteiger partial charge in [-0.1, -0.05) is 12.8 Å². The Hall–Kier alpha value is -1.22. The van der Waals surface area contributed by atoms with Crippen LogP contribution in [0.5, 0.6) is 0 Å². The van der Waals surface area contributed by atoms with Crippen LogP contribution >= 0.6 is 0 Å². The average Bonchev–Trinajstić information content (AvgIpc) is 2.78. The molecule has 0 heterocycles. The molecule has 0 aliphatic heterocycles. The van der Waals surface area contributed by atoms with Gasteiger partial charge in [0, 0.05) is 17.5 Å². The molecule has 1 fully saturated rings. The van der Waals surface area contributed by atoms with Gasteiger partial charge in [0.15, 0.2) is 5.78 Å². The van der Waals surface area contributed by atoms with E-state index in [2.05, 4.69) is 0 Å². The minimum Gasteiger partial charge on any atom is -0.329 e. The lowest BCUT2D eigenvalue weighted by Gasteiger charge is -2.26. The smallest absolute Gasteiger partial charge is 0.170 e. The number of halogens is 1. The van der Waals surface area contributed by atoms with E-state index in [1.165, 1.54) is 12.1 Å². The van der Waals surface area contributed by atoms with Crippen LogP contribution in [-0.4, -0.2) is 12.3 Å². The minimum absolute atomic E-state index is 0.0926. The van der Waals surface area contributed by atoms with E-state index in [9.17, 15) is 9.18 Å². The van der Waals surface area contributed by atoms with E-state index in [0.717, 1.165) is 25.7 Å². The van der Waals surface area contributed by atoms with Gasteiger partial charge in [0.1, 0.15) is 5.82 Å². The zero-order chi connectivity index (χ0) is 12.5. The summed E-state index contributed by atoms with van der Waals surface area (Å²) in [5.41, 5.74) is 6.72. The number of carbonyl (C=O) groups excluding carboxylic acids is 1. The summed E-state index contributed by atoms with van der Waals surface area (Å²) in [6, 6.07) is 4.34. The third kappa shape index (κ3) is 2.12. The van der Waals surface area contributed by atoms with Crippen molar-refractivity contribution in [1.29, 1.82) is 0 Å². The Labute approximate surface area is 101 Å². The van der Waals surface area contributed by atoms with Crippen molar-refractivity contribution < 1.29 is 9.18 Å².